The third kappa shape index (κ3) is 4.46. The molecule has 0 heterocycles. The van der Waals surface area contributed by atoms with Crippen molar-refractivity contribution in [1.82, 2.24) is 0 Å². The van der Waals surface area contributed by atoms with Crippen LogP contribution in [0.4, 0.5) is 8.78 Å². The second kappa shape index (κ2) is 8.31. The van der Waals surface area contributed by atoms with Gasteiger partial charge in [0.05, 0.1) is 9.92 Å². The van der Waals surface area contributed by atoms with Gasteiger partial charge in [-0.15, -0.1) is 0 Å². The molecule has 3 rings (SSSR count). The predicted molar refractivity (Wildman–Crippen MR) is 105 cm³/mol. The van der Waals surface area contributed by atoms with Gasteiger partial charge in [-0.1, -0.05) is 35.9 Å². The van der Waals surface area contributed by atoms with Gasteiger partial charge >= 0.3 is 5.97 Å². The lowest BCUT2D eigenvalue weighted by atomic mass is 9.96. The van der Waals surface area contributed by atoms with Crippen LogP contribution in [-0.4, -0.2) is 19.5 Å². The van der Waals surface area contributed by atoms with Gasteiger partial charge in [0, 0.05) is 6.42 Å². The molecular weight excluding hydrogens is 422 g/mol. The van der Waals surface area contributed by atoms with Gasteiger partial charge < -0.3 is 5.11 Å². The van der Waals surface area contributed by atoms with E-state index in [2.05, 4.69) is 0 Å². The molecule has 4 nitrogen and oxygen atoms in total. The summed E-state index contributed by atoms with van der Waals surface area (Å²) in [6.07, 6.45) is -0.0632. The van der Waals surface area contributed by atoms with Gasteiger partial charge in [-0.3, -0.25) is 4.79 Å². The minimum Gasteiger partial charge on any atom is -0.481 e. The normalized spacial score (nSPS) is 11.4. The van der Waals surface area contributed by atoms with E-state index in [1.807, 2.05) is 0 Å². The van der Waals surface area contributed by atoms with E-state index < -0.39 is 32.3 Å². The van der Waals surface area contributed by atoms with Crippen molar-refractivity contribution in [3.63, 3.8) is 0 Å². The van der Waals surface area contributed by atoms with E-state index in [-0.39, 0.29) is 28.3 Å². The number of halogens is 3. The standard InChI is InChI=1S/C21H15ClF2O4S/c22-17-3-1-2-4-19(17)29(27,28)20-9-6-14(11-18(20)24)16-12-15(23)8-5-13(16)7-10-21(25)26/h1-6,8-9,11-12H,7,10H2,(H,25,26). The van der Waals surface area contributed by atoms with Gasteiger partial charge in [0.15, 0.2) is 0 Å². The smallest absolute Gasteiger partial charge is 0.303 e. The topological polar surface area (TPSA) is 71.4 Å². The maximum absolute atomic E-state index is 14.8. The Morgan fingerprint density at radius 3 is 2.34 bits per heavy atom. The molecule has 0 aliphatic carbocycles. The summed E-state index contributed by atoms with van der Waals surface area (Å²) >= 11 is 5.95. The average molecular weight is 437 g/mol. The van der Waals surface area contributed by atoms with E-state index in [0.29, 0.717) is 11.1 Å². The van der Waals surface area contributed by atoms with Crippen LogP contribution in [0, 0.1) is 11.6 Å². The van der Waals surface area contributed by atoms with E-state index in [1.54, 1.807) is 6.07 Å². The van der Waals surface area contributed by atoms with Crippen LogP contribution in [0.25, 0.3) is 11.1 Å². The molecule has 0 aliphatic heterocycles. The summed E-state index contributed by atoms with van der Waals surface area (Å²) in [7, 11) is -4.20. The molecule has 0 spiro atoms. The van der Waals surface area contributed by atoms with Gasteiger partial charge in [-0.25, -0.2) is 17.2 Å². The maximum Gasteiger partial charge on any atom is 0.303 e. The first-order valence-corrected chi connectivity index (χ1v) is 10.4. The SMILES string of the molecule is O=C(O)CCc1ccc(F)cc1-c1ccc(S(=O)(=O)c2ccccc2Cl)c(F)c1. The lowest BCUT2D eigenvalue weighted by molar-refractivity contribution is -0.136. The molecule has 0 radical (unpaired) electrons. The molecular formula is C21H15ClF2O4S. The Labute approximate surface area is 171 Å². The number of rotatable bonds is 6. The fraction of sp³-hybridized carbons (Fsp3) is 0.0952. The van der Waals surface area contributed by atoms with Crippen molar-refractivity contribution < 1.29 is 27.1 Å². The molecule has 0 unspecified atom stereocenters. The number of aliphatic carboxylic acids is 1. The van der Waals surface area contributed by atoms with Crippen LogP contribution in [-0.2, 0) is 21.1 Å². The number of carbonyl (C=O) groups is 1. The van der Waals surface area contributed by atoms with E-state index >= 15 is 0 Å². The van der Waals surface area contributed by atoms with Crippen molar-refractivity contribution in [3.05, 3.63) is 82.9 Å². The first-order chi connectivity index (χ1) is 13.7. The van der Waals surface area contributed by atoms with Crippen LogP contribution in [0.15, 0.2) is 70.5 Å². The highest BCUT2D eigenvalue weighted by Gasteiger charge is 2.24. The van der Waals surface area contributed by atoms with Crippen molar-refractivity contribution in [2.75, 3.05) is 0 Å². The lowest BCUT2D eigenvalue weighted by Crippen LogP contribution is -2.06. The minimum atomic E-state index is -4.20. The second-order valence-corrected chi connectivity index (χ2v) is 8.57. The zero-order valence-corrected chi connectivity index (χ0v) is 16.5. The largest absolute Gasteiger partial charge is 0.481 e. The van der Waals surface area contributed by atoms with Gasteiger partial charge in [-0.2, -0.15) is 0 Å². The van der Waals surface area contributed by atoms with Gasteiger partial charge in [-0.05, 0) is 59.5 Å². The quantitative estimate of drug-likeness (QED) is 0.581. The third-order valence-electron chi connectivity index (χ3n) is 4.34. The average Bonchev–Trinajstić information content (AvgIpc) is 2.66. The highest BCUT2D eigenvalue weighted by Crippen LogP contribution is 2.32. The Morgan fingerprint density at radius 1 is 0.966 bits per heavy atom. The number of sulfone groups is 1. The van der Waals surface area contributed by atoms with E-state index in [4.69, 9.17) is 16.7 Å². The van der Waals surface area contributed by atoms with Gasteiger partial charge in [0.1, 0.15) is 16.5 Å². The molecule has 0 aromatic heterocycles. The van der Waals surface area contributed by atoms with Crippen LogP contribution in [0.3, 0.4) is 0 Å². The first kappa shape index (κ1) is 21.0. The molecule has 8 heteroatoms. The molecule has 0 saturated heterocycles. The van der Waals surface area contributed by atoms with E-state index in [1.165, 1.54) is 36.4 Å². The van der Waals surface area contributed by atoms with Crippen molar-refractivity contribution in [2.45, 2.75) is 22.6 Å². The lowest BCUT2D eigenvalue weighted by Gasteiger charge is -2.12. The third-order valence-corrected chi connectivity index (χ3v) is 6.63. The molecule has 1 N–H and O–H groups in total. The molecule has 0 saturated carbocycles. The number of benzene rings is 3. The first-order valence-electron chi connectivity index (χ1n) is 8.50. The number of aryl methyl sites for hydroxylation is 1. The van der Waals surface area contributed by atoms with Crippen LogP contribution >= 0.6 is 11.6 Å². The van der Waals surface area contributed by atoms with Crippen LogP contribution < -0.4 is 0 Å². The summed E-state index contributed by atoms with van der Waals surface area (Å²) in [5.41, 5.74) is 1.04. The molecule has 150 valence electrons. The predicted octanol–water partition coefficient (Wildman–Crippen LogP) is 5.14. The van der Waals surface area contributed by atoms with Crippen LogP contribution in [0.2, 0.25) is 5.02 Å². The Kier molecular flexibility index (Phi) is 6.00. The van der Waals surface area contributed by atoms with Crippen LogP contribution in [0.1, 0.15) is 12.0 Å². The molecule has 0 amide bonds. The maximum atomic E-state index is 14.8. The minimum absolute atomic E-state index is 0.0305. The summed E-state index contributed by atoms with van der Waals surface area (Å²) < 4.78 is 54.1. The summed E-state index contributed by atoms with van der Waals surface area (Å²) in [4.78, 5) is 10.1. The highest BCUT2D eigenvalue weighted by atomic mass is 35.5. The molecule has 0 atom stereocenters. The monoisotopic (exact) mass is 436 g/mol. The summed E-state index contributed by atoms with van der Waals surface area (Å²) in [6.45, 7) is 0. The number of carboxylic acids is 1. The Balaban J connectivity index is 2.06. The molecule has 29 heavy (non-hydrogen) atoms. The molecule has 0 fully saturated rings. The van der Waals surface area contributed by atoms with Crippen molar-refractivity contribution in [1.29, 1.82) is 0 Å². The number of hydrogen-bond acceptors (Lipinski definition) is 3. The number of carboxylic acid groups (broad SMARTS) is 1. The zero-order chi connectivity index (χ0) is 21.2. The van der Waals surface area contributed by atoms with Crippen molar-refractivity contribution in [2.24, 2.45) is 0 Å². The molecule has 3 aromatic carbocycles. The van der Waals surface area contributed by atoms with Gasteiger partial charge in [0.25, 0.3) is 0 Å². The number of hydrogen-bond donors (Lipinski definition) is 1. The zero-order valence-electron chi connectivity index (χ0n) is 14.9. The van der Waals surface area contributed by atoms with Crippen molar-refractivity contribution in [3.8, 4) is 11.1 Å². The summed E-state index contributed by atoms with van der Waals surface area (Å²) in [6, 6.07) is 12.9. The molecule has 0 aliphatic rings. The Hall–Kier alpha value is -2.77. The fourth-order valence-electron chi connectivity index (χ4n) is 2.94. The van der Waals surface area contributed by atoms with Gasteiger partial charge in [0.2, 0.25) is 9.84 Å². The van der Waals surface area contributed by atoms with E-state index in [9.17, 15) is 22.0 Å². The van der Waals surface area contributed by atoms with Crippen LogP contribution in [0.5, 0.6) is 0 Å². The molecule has 0 bridgehead atoms. The summed E-state index contributed by atoms with van der Waals surface area (Å²) in [5, 5.41) is 8.85. The van der Waals surface area contributed by atoms with Crippen molar-refractivity contribution >= 4 is 27.4 Å². The van der Waals surface area contributed by atoms with E-state index in [0.717, 1.165) is 18.2 Å². The summed E-state index contributed by atoms with van der Waals surface area (Å²) in [5.74, 6) is -2.62. The highest BCUT2D eigenvalue weighted by molar-refractivity contribution is 7.91. The molecule has 3 aromatic rings. The fourth-order valence-corrected chi connectivity index (χ4v) is 4.77. The Bertz CT molecular complexity index is 1190. The Morgan fingerprint density at radius 2 is 1.69 bits per heavy atom. The second-order valence-electron chi connectivity index (χ2n) is 6.27.